The lowest BCUT2D eigenvalue weighted by Gasteiger charge is -2.39. The van der Waals surface area contributed by atoms with E-state index < -0.39 is 0 Å². The van der Waals surface area contributed by atoms with E-state index in [9.17, 15) is 0 Å². The van der Waals surface area contributed by atoms with Gasteiger partial charge in [-0.2, -0.15) is 4.98 Å². The molecule has 2 atom stereocenters. The molecule has 4 aromatic rings. The zero-order valence-corrected chi connectivity index (χ0v) is 21.1. The number of aromatic nitrogens is 3. The summed E-state index contributed by atoms with van der Waals surface area (Å²) in [6.07, 6.45) is 1.66. The fraction of sp³-hybridized carbons (Fsp3) is 0.214. The van der Waals surface area contributed by atoms with E-state index >= 15 is 0 Å². The average molecular weight is 499 g/mol. The first kappa shape index (κ1) is 22.5. The molecule has 182 valence electrons. The predicted molar refractivity (Wildman–Crippen MR) is 141 cm³/mol. The van der Waals surface area contributed by atoms with E-state index in [-0.39, 0.29) is 12.1 Å². The lowest BCUT2D eigenvalue weighted by Crippen LogP contribution is -2.32. The van der Waals surface area contributed by atoms with Crippen LogP contribution in [-0.2, 0) is 0 Å². The standard InChI is InChI=1S/C28H26N4O3S/c1-4-34-21-15-14-18(16-22(21)33-2)25-23-24(29-27-30-28(36-3)31-32(25)27)19-12-8-9-13-20(19)35-26(23)17-10-6-5-7-11-17/h5-16,25-26H,4H2,1-3H3,(H,29,30,31). The number of fused-ring (bicyclic) bond motifs is 3. The molecule has 1 N–H and O–H groups in total. The van der Waals surface area contributed by atoms with E-state index in [1.54, 1.807) is 7.11 Å². The van der Waals surface area contributed by atoms with E-state index in [4.69, 9.17) is 24.3 Å². The van der Waals surface area contributed by atoms with Gasteiger partial charge < -0.3 is 19.5 Å². The summed E-state index contributed by atoms with van der Waals surface area (Å²) in [4.78, 5) is 4.77. The lowest BCUT2D eigenvalue weighted by molar-refractivity contribution is 0.223. The van der Waals surface area contributed by atoms with Gasteiger partial charge in [-0.25, -0.2) is 4.68 Å². The maximum atomic E-state index is 6.69. The van der Waals surface area contributed by atoms with Crippen molar-refractivity contribution >= 4 is 23.4 Å². The molecular weight excluding hydrogens is 472 g/mol. The minimum Gasteiger partial charge on any atom is -0.493 e. The fourth-order valence-electron chi connectivity index (χ4n) is 4.90. The van der Waals surface area contributed by atoms with Gasteiger partial charge in [0.2, 0.25) is 11.1 Å². The van der Waals surface area contributed by atoms with Gasteiger partial charge in [-0.15, -0.1) is 5.10 Å². The molecule has 3 aromatic carbocycles. The highest BCUT2D eigenvalue weighted by Gasteiger charge is 2.41. The van der Waals surface area contributed by atoms with Crippen LogP contribution in [-0.4, -0.2) is 34.7 Å². The molecule has 8 heteroatoms. The van der Waals surface area contributed by atoms with Crippen molar-refractivity contribution < 1.29 is 14.2 Å². The van der Waals surface area contributed by atoms with Gasteiger partial charge in [0.25, 0.3) is 0 Å². The second-order valence-corrected chi connectivity index (χ2v) is 9.25. The third-order valence-corrected chi connectivity index (χ3v) is 6.99. The number of nitrogens with one attached hydrogen (secondary N) is 1. The quantitative estimate of drug-likeness (QED) is 0.329. The third kappa shape index (κ3) is 3.69. The van der Waals surface area contributed by atoms with Gasteiger partial charge in [-0.1, -0.05) is 60.3 Å². The average Bonchev–Trinajstić information content (AvgIpc) is 3.35. The zero-order chi connectivity index (χ0) is 24.6. The summed E-state index contributed by atoms with van der Waals surface area (Å²) in [5.41, 5.74) is 5.14. The molecule has 0 amide bonds. The summed E-state index contributed by atoms with van der Waals surface area (Å²) in [5.74, 6) is 2.91. The molecule has 0 aliphatic carbocycles. The molecule has 1 aromatic heterocycles. The van der Waals surface area contributed by atoms with E-state index in [2.05, 4.69) is 29.6 Å². The van der Waals surface area contributed by atoms with Crippen molar-refractivity contribution in [2.75, 3.05) is 25.3 Å². The summed E-state index contributed by atoms with van der Waals surface area (Å²) in [6, 6.07) is 24.2. The number of para-hydroxylation sites is 1. The molecule has 6 rings (SSSR count). The highest BCUT2D eigenvalue weighted by Crippen LogP contribution is 2.51. The van der Waals surface area contributed by atoms with Crippen LogP contribution in [0.3, 0.4) is 0 Å². The Hall–Kier alpha value is -3.91. The number of anilines is 1. The Morgan fingerprint density at radius 3 is 2.58 bits per heavy atom. The topological polar surface area (TPSA) is 70.4 Å². The SMILES string of the molecule is CCOc1ccc(C2C3=C(Nc4nc(SC)nn42)c2ccccc2OC3c2ccccc2)cc1OC. The molecule has 36 heavy (non-hydrogen) atoms. The van der Waals surface area contributed by atoms with Crippen molar-refractivity contribution in [1.29, 1.82) is 0 Å². The molecule has 0 spiro atoms. The number of benzene rings is 3. The highest BCUT2D eigenvalue weighted by molar-refractivity contribution is 7.98. The molecule has 7 nitrogen and oxygen atoms in total. The van der Waals surface area contributed by atoms with Crippen molar-refractivity contribution in [2.45, 2.75) is 24.2 Å². The summed E-state index contributed by atoms with van der Waals surface area (Å²) in [5, 5.41) is 9.15. The molecule has 0 fully saturated rings. The van der Waals surface area contributed by atoms with Crippen molar-refractivity contribution in [1.82, 2.24) is 14.8 Å². The largest absolute Gasteiger partial charge is 0.493 e. The van der Waals surface area contributed by atoms with Gasteiger partial charge >= 0.3 is 0 Å². The molecule has 0 radical (unpaired) electrons. The van der Waals surface area contributed by atoms with Crippen molar-refractivity contribution in [3.8, 4) is 17.2 Å². The van der Waals surface area contributed by atoms with Gasteiger partial charge in [-0.3, -0.25) is 0 Å². The van der Waals surface area contributed by atoms with Crippen LogP contribution >= 0.6 is 11.8 Å². The number of rotatable bonds is 6. The van der Waals surface area contributed by atoms with E-state index in [1.165, 1.54) is 11.8 Å². The highest BCUT2D eigenvalue weighted by atomic mass is 32.2. The van der Waals surface area contributed by atoms with Crippen LogP contribution in [0.5, 0.6) is 17.2 Å². The van der Waals surface area contributed by atoms with E-state index in [0.29, 0.717) is 29.2 Å². The van der Waals surface area contributed by atoms with Crippen molar-refractivity contribution in [3.05, 3.63) is 95.1 Å². The Labute approximate surface area is 214 Å². The molecule has 0 saturated heterocycles. The first-order valence-electron chi connectivity index (χ1n) is 11.8. The van der Waals surface area contributed by atoms with E-state index in [0.717, 1.165) is 33.7 Å². The molecule has 2 aliphatic heterocycles. The molecule has 0 bridgehead atoms. The summed E-state index contributed by atoms with van der Waals surface area (Å²) in [7, 11) is 1.66. The molecule has 0 saturated carbocycles. The van der Waals surface area contributed by atoms with E-state index in [1.807, 2.05) is 66.4 Å². The number of methoxy groups -OCH3 is 1. The van der Waals surface area contributed by atoms with Crippen LogP contribution in [0.2, 0.25) is 0 Å². The zero-order valence-electron chi connectivity index (χ0n) is 20.3. The van der Waals surface area contributed by atoms with Gasteiger partial charge in [-0.05, 0) is 48.6 Å². The third-order valence-electron chi connectivity index (χ3n) is 6.45. The van der Waals surface area contributed by atoms with Gasteiger partial charge in [0.15, 0.2) is 11.5 Å². The van der Waals surface area contributed by atoms with Crippen LogP contribution in [0.25, 0.3) is 5.70 Å². The monoisotopic (exact) mass is 498 g/mol. The Morgan fingerprint density at radius 2 is 1.81 bits per heavy atom. The molecular formula is C28H26N4O3S. The van der Waals surface area contributed by atoms with Gasteiger partial charge in [0.05, 0.1) is 19.4 Å². The molecule has 2 aliphatic rings. The van der Waals surface area contributed by atoms with Crippen LogP contribution in [0.4, 0.5) is 5.95 Å². The van der Waals surface area contributed by atoms with Crippen molar-refractivity contribution in [2.24, 2.45) is 0 Å². The first-order valence-corrected chi connectivity index (χ1v) is 13.1. The van der Waals surface area contributed by atoms with Crippen LogP contribution < -0.4 is 19.5 Å². The number of nitrogens with zero attached hydrogens (tertiary/aromatic N) is 3. The van der Waals surface area contributed by atoms with Gasteiger partial charge in [0, 0.05) is 11.1 Å². The minimum atomic E-state index is -0.318. The van der Waals surface area contributed by atoms with Crippen LogP contribution in [0.1, 0.15) is 35.8 Å². The van der Waals surface area contributed by atoms with Crippen LogP contribution in [0, 0.1) is 0 Å². The Morgan fingerprint density at radius 1 is 1.00 bits per heavy atom. The summed E-state index contributed by atoms with van der Waals surface area (Å²) in [6.45, 7) is 2.52. The number of hydrogen-bond acceptors (Lipinski definition) is 7. The first-order chi connectivity index (χ1) is 17.7. The van der Waals surface area contributed by atoms with Gasteiger partial charge in [0.1, 0.15) is 17.9 Å². The second-order valence-electron chi connectivity index (χ2n) is 8.47. The summed E-state index contributed by atoms with van der Waals surface area (Å²) < 4.78 is 20.1. The molecule has 3 heterocycles. The van der Waals surface area contributed by atoms with Crippen LogP contribution in [0.15, 0.2) is 83.5 Å². The lowest BCUT2D eigenvalue weighted by atomic mass is 9.84. The molecule has 2 unspecified atom stereocenters. The predicted octanol–water partition coefficient (Wildman–Crippen LogP) is 5.97. The Bertz CT molecular complexity index is 1450. The maximum Gasteiger partial charge on any atom is 0.227 e. The normalized spacial score (nSPS) is 17.9. The second kappa shape index (κ2) is 9.28. The number of ether oxygens (including phenoxy) is 3. The minimum absolute atomic E-state index is 0.271. The fourth-order valence-corrected chi connectivity index (χ4v) is 5.24. The summed E-state index contributed by atoms with van der Waals surface area (Å²) >= 11 is 1.51. The number of hydrogen-bond donors (Lipinski definition) is 1. The smallest absolute Gasteiger partial charge is 0.227 e. The Balaban J connectivity index is 1.61. The van der Waals surface area contributed by atoms with Crippen molar-refractivity contribution in [3.63, 3.8) is 0 Å². The Kier molecular flexibility index (Phi) is 5.81. The maximum absolute atomic E-state index is 6.69. The number of thioether (sulfide) groups is 1.